The molecule has 46 heavy (non-hydrogen) atoms. The number of carboxylic acids is 1. The average Bonchev–Trinajstić information content (AvgIpc) is 3.42. The van der Waals surface area contributed by atoms with Crippen molar-refractivity contribution in [3.63, 3.8) is 0 Å². The molecule has 0 bridgehead atoms. The van der Waals surface area contributed by atoms with E-state index in [9.17, 15) is 24.9 Å². The van der Waals surface area contributed by atoms with Crippen molar-refractivity contribution in [3.05, 3.63) is 53.7 Å². The Bertz CT molecular complexity index is 1630. The Morgan fingerprint density at radius 2 is 1.85 bits per heavy atom. The summed E-state index contributed by atoms with van der Waals surface area (Å²) in [6.07, 6.45) is -7.80. The molecule has 2 aromatic carbocycles. The second-order valence-electron chi connectivity index (χ2n) is 10.9. The Kier molecular flexibility index (Phi) is 8.48. The van der Waals surface area contributed by atoms with Gasteiger partial charge in [-0.25, -0.2) is 4.98 Å². The summed E-state index contributed by atoms with van der Waals surface area (Å²) in [5.41, 5.74) is 8.69. The first-order valence-corrected chi connectivity index (χ1v) is 14.3. The van der Waals surface area contributed by atoms with Gasteiger partial charge in [-0.15, -0.1) is 0 Å². The van der Waals surface area contributed by atoms with E-state index in [-0.39, 0.29) is 18.3 Å². The summed E-state index contributed by atoms with van der Waals surface area (Å²) >= 11 is 0. The average molecular weight is 641 g/mol. The number of benzene rings is 2. The number of anilines is 1. The summed E-state index contributed by atoms with van der Waals surface area (Å²) in [5.74, 6) is -0.272. The molecule has 0 amide bonds. The van der Waals surface area contributed by atoms with Crippen molar-refractivity contribution in [2.45, 2.75) is 49.1 Å². The highest BCUT2D eigenvalue weighted by Gasteiger charge is 2.47. The van der Waals surface area contributed by atoms with Crippen LogP contribution >= 0.6 is 0 Å². The number of nitrogens with zero attached hydrogens (tertiary/aromatic N) is 1. The number of ether oxygens (including phenoxy) is 7. The molecule has 15 heteroatoms. The lowest BCUT2D eigenvalue weighted by atomic mass is 9.85. The number of fused-ring (bicyclic) bond motifs is 5. The van der Waals surface area contributed by atoms with Crippen LogP contribution in [0.5, 0.6) is 28.7 Å². The molecule has 1 saturated heterocycles. The van der Waals surface area contributed by atoms with Crippen LogP contribution in [0.25, 0.3) is 11.1 Å². The van der Waals surface area contributed by atoms with Gasteiger partial charge in [0, 0.05) is 29.0 Å². The molecule has 6 rings (SSSR count). The van der Waals surface area contributed by atoms with Gasteiger partial charge in [-0.05, 0) is 29.8 Å². The number of esters is 1. The van der Waals surface area contributed by atoms with Crippen LogP contribution in [-0.4, -0.2) is 95.5 Å². The van der Waals surface area contributed by atoms with Gasteiger partial charge in [0.15, 0.2) is 11.5 Å². The molecule has 0 unspecified atom stereocenters. The first-order chi connectivity index (χ1) is 22.1. The lowest BCUT2D eigenvalue weighted by Gasteiger charge is -2.40. The SMILES string of the molecule is COc1ccc2c(c1OC)O[C@@H]1c3c(cc(O[C@H]4O[C@H](COC(=O)CC(=O)O)[C@@H](O)[C@H](O)[C@H]4O)cc3-c3ccc(N)nc3)OC[C@@H]21. The van der Waals surface area contributed by atoms with Gasteiger partial charge >= 0.3 is 11.9 Å². The predicted octanol–water partition coefficient (Wildman–Crippen LogP) is 1.16. The number of nitrogens with two attached hydrogens (primary N) is 1. The number of pyridine rings is 1. The van der Waals surface area contributed by atoms with Gasteiger partial charge < -0.3 is 59.3 Å². The van der Waals surface area contributed by atoms with Crippen LogP contribution in [0.2, 0.25) is 0 Å². The molecule has 0 aliphatic carbocycles. The van der Waals surface area contributed by atoms with Gasteiger partial charge in [-0.2, -0.15) is 0 Å². The van der Waals surface area contributed by atoms with Crippen LogP contribution in [0, 0.1) is 0 Å². The third kappa shape index (κ3) is 5.69. The minimum atomic E-state index is -1.74. The molecule has 15 nitrogen and oxygen atoms in total. The maximum absolute atomic E-state index is 11.7. The molecule has 0 spiro atoms. The summed E-state index contributed by atoms with van der Waals surface area (Å²) in [7, 11) is 3.07. The second kappa shape index (κ2) is 12.5. The third-order valence-electron chi connectivity index (χ3n) is 8.08. The second-order valence-corrected chi connectivity index (χ2v) is 10.9. The smallest absolute Gasteiger partial charge is 0.317 e. The lowest BCUT2D eigenvalue weighted by molar-refractivity contribution is -0.278. The van der Waals surface area contributed by atoms with Gasteiger partial charge in [0.2, 0.25) is 12.0 Å². The highest BCUT2D eigenvalue weighted by Crippen LogP contribution is 2.58. The first kappa shape index (κ1) is 31.2. The van der Waals surface area contributed by atoms with Crippen LogP contribution in [0.1, 0.15) is 29.6 Å². The molecule has 4 heterocycles. The third-order valence-corrected chi connectivity index (χ3v) is 8.08. The number of nitrogen functional groups attached to an aromatic ring is 1. The molecule has 1 fully saturated rings. The van der Waals surface area contributed by atoms with Crippen LogP contribution in [-0.2, 0) is 19.1 Å². The normalized spacial score (nSPS) is 26.0. The minimum absolute atomic E-state index is 0.160. The van der Waals surface area contributed by atoms with E-state index in [0.29, 0.717) is 45.5 Å². The van der Waals surface area contributed by atoms with E-state index < -0.39 is 61.8 Å². The molecule has 3 aromatic rings. The molecule has 7 atom stereocenters. The zero-order chi connectivity index (χ0) is 32.7. The number of methoxy groups -OCH3 is 2. The monoisotopic (exact) mass is 640 g/mol. The number of rotatable bonds is 9. The van der Waals surface area contributed by atoms with Crippen molar-refractivity contribution in [1.82, 2.24) is 4.98 Å². The van der Waals surface area contributed by atoms with E-state index in [1.54, 1.807) is 37.6 Å². The van der Waals surface area contributed by atoms with Gasteiger partial charge in [-0.3, -0.25) is 9.59 Å². The molecule has 0 radical (unpaired) electrons. The van der Waals surface area contributed by atoms with E-state index in [4.69, 9.17) is 44.0 Å². The lowest BCUT2D eigenvalue weighted by Crippen LogP contribution is -2.60. The minimum Gasteiger partial charge on any atom is -0.493 e. The van der Waals surface area contributed by atoms with Crippen molar-refractivity contribution in [2.75, 3.05) is 33.2 Å². The van der Waals surface area contributed by atoms with Crippen LogP contribution < -0.4 is 29.4 Å². The molecule has 244 valence electrons. The van der Waals surface area contributed by atoms with Crippen molar-refractivity contribution < 1.29 is 63.2 Å². The topological polar surface area (TPSA) is 219 Å². The predicted molar refractivity (Wildman–Crippen MR) is 156 cm³/mol. The number of carboxylic acid groups (broad SMARTS) is 1. The van der Waals surface area contributed by atoms with Crippen molar-refractivity contribution in [3.8, 4) is 39.9 Å². The molecule has 1 aromatic heterocycles. The molecular weight excluding hydrogens is 608 g/mol. The largest absolute Gasteiger partial charge is 0.493 e. The Morgan fingerprint density at radius 3 is 2.54 bits per heavy atom. The summed E-state index contributed by atoms with van der Waals surface area (Å²) in [6, 6.07) is 10.4. The zero-order valence-electron chi connectivity index (χ0n) is 24.7. The van der Waals surface area contributed by atoms with E-state index in [1.165, 1.54) is 7.11 Å². The Balaban J connectivity index is 1.33. The quantitative estimate of drug-likeness (QED) is 0.164. The summed E-state index contributed by atoms with van der Waals surface area (Å²) < 4.78 is 40.4. The summed E-state index contributed by atoms with van der Waals surface area (Å²) in [4.78, 5) is 26.8. The maximum atomic E-state index is 11.7. The van der Waals surface area contributed by atoms with Gasteiger partial charge in [0.25, 0.3) is 0 Å². The van der Waals surface area contributed by atoms with Crippen molar-refractivity contribution in [2.24, 2.45) is 0 Å². The molecule has 3 aliphatic rings. The zero-order valence-corrected chi connectivity index (χ0v) is 24.7. The molecule has 0 saturated carbocycles. The van der Waals surface area contributed by atoms with Crippen molar-refractivity contribution >= 4 is 17.8 Å². The number of aliphatic hydroxyl groups is 3. The fraction of sp³-hybridized carbons (Fsp3) is 0.387. The highest BCUT2D eigenvalue weighted by molar-refractivity contribution is 5.90. The fourth-order valence-corrected chi connectivity index (χ4v) is 5.84. The first-order valence-electron chi connectivity index (χ1n) is 14.3. The van der Waals surface area contributed by atoms with E-state index in [1.807, 2.05) is 12.1 Å². The Hall–Kier alpha value is -4.83. The Morgan fingerprint density at radius 1 is 1.04 bits per heavy atom. The number of hydrogen-bond donors (Lipinski definition) is 5. The number of carbonyl (C=O) groups is 2. The number of aromatic nitrogens is 1. The van der Waals surface area contributed by atoms with Gasteiger partial charge in [0.1, 0.15) is 60.9 Å². The molecular formula is C31H32N2O13. The summed E-state index contributed by atoms with van der Waals surface area (Å²) in [6.45, 7) is -0.345. The Labute approximate surface area is 261 Å². The number of aliphatic hydroxyl groups excluding tert-OH is 3. The van der Waals surface area contributed by atoms with Crippen molar-refractivity contribution in [1.29, 1.82) is 0 Å². The van der Waals surface area contributed by atoms with Crippen LogP contribution in [0.4, 0.5) is 5.82 Å². The van der Waals surface area contributed by atoms with Gasteiger partial charge in [0.05, 0.1) is 26.7 Å². The van der Waals surface area contributed by atoms with E-state index >= 15 is 0 Å². The van der Waals surface area contributed by atoms with Gasteiger partial charge in [-0.1, -0.05) is 6.07 Å². The molecule has 3 aliphatic heterocycles. The van der Waals surface area contributed by atoms with E-state index in [2.05, 4.69) is 4.98 Å². The summed E-state index contributed by atoms with van der Waals surface area (Å²) in [5, 5.41) is 40.4. The highest BCUT2D eigenvalue weighted by atomic mass is 16.7. The number of aliphatic carboxylic acids is 1. The number of carbonyl (C=O) groups excluding carboxylic acids is 1. The maximum Gasteiger partial charge on any atom is 0.317 e. The van der Waals surface area contributed by atoms with Crippen LogP contribution in [0.3, 0.4) is 0 Å². The fourth-order valence-electron chi connectivity index (χ4n) is 5.84. The molecule has 6 N–H and O–H groups in total. The standard InChI is InChI=1S/C31H32N2O13/c1-40-18-5-4-15-17-11-42-19-8-14(44-31-27(39)26(38)25(37)20(45-31)12-43-23(36)9-22(34)35)7-16(13-3-6-21(32)33-10-13)24(19)28(17)46-29(15)30(18)41-2/h3-8,10,17,20,25-28,31,37-39H,9,11-12H2,1-2H3,(H2,32,33)(H,34,35)/t17-,20+,25+,26-,27+,28-,31-/m0/s1. The van der Waals surface area contributed by atoms with E-state index in [0.717, 1.165) is 5.56 Å². The number of hydrogen-bond acceptors (Lipinski definition) is 14. The van der Waals surface area contributed by atoms with Crippen LogP contribution in [0.15, 0.2) is 42.6 Å².